The highest BCUT2D eigenvalue weighted by molar-refractivity contribution is 7.79. The van der Waals surface area contributed by atoms with Crippen molar-refractivity contribution in [3.8, 4) is 11.3 Å². The summed E-state index contributed by atoms with van der Waals surface area (Å²) in [5, 5.41) is 0. The van der Waals surface area contributed by atoms with Crippen LogP contribution in [0.4, 0.5) is 5.95 Å². The zero-order valence-electron chi connectivity index (χ0n) is 9.00. The molecule has 0 bridgehead atoms. The zero-order valence-corrected chi connectivity index (χ0v) is 9.82. The maximum Gasteiger partial charge on any atom is 0.394 e. The molecule has 0 atom stereocenters. The van der Waals surface area contributed by atoms with Gasteiger partial charge in [-0.05, 0) is 18.2 Å². The Bertz CT molecular complexity index is 595. The van der Waals surface area contributed by atoms with Crippen LogP contribution >= 0.6 is 0 Å². The highest BCUT2D eigenvalue weighted by Crippen LogP contribution is 2.14. The predicted molar refractivity (Wildman–Crippen MR) is 63.9 cm³/mol. The van der Waals surface area contributed by atoms with Crippen molar-refractivity contribution in [1.29, 1.82) is 0 Å². The maximum absolute atomic E-state index is 8.74. The summed E-state index contributed by atoms with van der Waals surface area (Å²) in [6.07, 6.45) is 5.08. The molecule has 0 aliphatic rings. The van der Waals surface area contributed by atoms with Gasteiger partial charge in [-0.15, -0.1) is 0 Å². The quantitative estimate of drug-likeness (QED) is 0.635. The number of anilines is 1. The second-order valence-electron chi connectivity index (χ2n) is 2.99. The molecule has 4 N–H and O–H groups in total. The maximum atomic E-state index is 8.74. The molecule has 2 rings (SSSR count). The number of hydrogen-bond donors (Lipinski definition) is 3. The SMILES string of the molecule is Nc1nccc(-c2cccnc2)n1.O=S(=O)(O)O. The first-order chi connectivity index (χ1) is 8.36. The molecule has 0 fully saturated rings. The summed E-state index contributed by atoms with van der Waals surface area (Å²) in [7, 11) is -4.67. The lowest BCUT2D eigenvalue weighted by molar-refractivity contribution is 0.381. The molecule has 2 aromatic heterocycles. The van der Waals surface area contributed by atoms with Crippen LogP contribution in [0.2, 0.25) is 0 Å². The third kappa shape index (κ3) is 5.84. The minimum atomic E-state index is -4.67. The van der Waals surface area contributed by atoms with Crippen molar-refractivity contribution in [2.75, 3.05) is 5.73 Å². The molecule has 0 spiro atoms. The molecular formula is C9H10N4O4S. The third-order valence-corrected chi connectivity index (χ3v) is 1.63. The molecule has 0 amide bonds. The van der Waals surface area contributed by atoms with E-state index in [9.17, 15) is 0 Å². The Labute approximate surface area is 103 Å². The van der Waals surface area contributed by atoms with Gasteiger partial charge in [0.05, 0.1) is 5.69 Å². The number of hydrogen-bond acceptors (Lipinski definition) is 6. The van der Waals surface area contributed by atoms with E-state index in [2.05, 4.69) is 15.0 Å². The Morgan fingerprint density at radius 1 is 1.17 bits per heavy atom. The molecule has 2 aromatic rings. The second kappa shape index (κ2) is 6.00. The van der Waals surface area contributed by atoms with E-state index in [0.29, 0.717) is 0 Å². The van der Waals surface area contributed by atoms with Crippen molar-refractivity contribution in [3.63, 3.8) is 0 Å². The molecule has 96 valence electrons. The molecule has 0 saturated carbocycles. The fourth-order valence-electron chi connectivity index (χ4n) is 1.05. The van der Waals surface area contributed by atoms with E-state index in [4.69, 9.17) is 23.3 Å². The lowest BCUT2D eigenvalue weighted by Crippen LogP contribution is -1.95. The topological polar surface area (TPSA) is 139 Å². The molecular weight excluding hydrogens is 260 g/mol. The summed E-state index contributed by atoms with van der Waals surface area (Å²) in [4.78, 5) is 11.9. The van der Waals surface area contributed by atoms with E-state index in [-0.39, 0.29) is 5.95 Å². The monoisotopic (exact) mass is 270 g/mol. The molecule has 0 aliphatic heterocycles. The second-order valence-corrected chi connectivity index (χ2v) is 3.89. The molecule has 8 nitrogen and oxygen atoms in total. The minimum Gasteiger partial charge on any atom is -0.368 e. The number of nitrogens with two attached hydrogens (primary N) is 1. The Balaban J connectivity index is 0.000000280. The van der Waals surface area contributed by atoms with Crippen LogP contribution in [0.5, 0.6) is 0 Å². The summed E-state index contributed by atoms with van der Waals surface area (Å²) >= 11 is 0. The normalized spacial score (nSPS) is 10.3. The molecule has 9 heteroatoms. The molecule has 18 heavy (non-hydrogen) atoms. The van der Waals surface area contributed by atoms with Gasteiger partial charge in [-0.2, -0.15) is 8.42 Å². The van der Waals surface area contributed by atoms with Gasteiger partial charge in [0.2, 0.25) is 5.95 Å². The van der Waals surface area contributed by atoms with E-state index in [1.165, 1.54) is 0 Å². The first-order valence-electron chi connectivity index (χ1n) is 4.55. The average Bonchev–Trinajstić information content (AvgIpc) is 2.28. The lowest BCUT2D eigenvalue weighted by atomic mass is 10.2. The zero-order chi connectivity index (χ0) is 13.6. The molecule has 0 radical (unpaired) electrons. The van der Waals surface area contributed by atoms with E-state index in [1.54, 1.807) is 24.7 Å². The van der Waals surface area contributed by atoms with Crippen LogP contribution in [0.1, 0.15) is 0 Å². The van der Waals surface area contributed by atoms with E-state index >= 15 is 0 Å². The number of aromatic nitrogens is 3. The summed E-state index contributed by atoms with van der Waals surface area (Å²) in [6, 6.07) is 5.58. The molecule has 0 unspecified atom stereocenters. The number of nitrogen functional groups attached to an aromatic ring is 1. The van der Waals surface area contributed by atoms with E-state index < -0.39 is 10.4 Å². The third-order valence-electron chi connectivity index (χ3n) is 1.63. The molecule has 0 aromatic carbocycles. The van der Waals surface area contributed by atoms with Gasteiger partial charge < -0.3 is 5.73 Å². The van der Waals surface area contributed by atoms with Crippen LogP contribution in [-0.4, -0.2) is 32.5 Å². The number of pyridine rings is 1. The van der Waals surface area contributed by atoms with Gasteiger partial charge in [-0.1, -0.05) is 0 Å². The fourth-order valence-corrected chi connectivity index (χ4v) is 1.05. The van der Waals surface area contributed by atoms with Crippen molar-refractivity contribution in [2.24, 2.45) is 0 Å². The van der Waals surface area contributed by atoms with Gasteiger partial charge in [0.1, 0.15) is 0 Å². The van der Waals surface area contributed by atoms with Crippen LogP contribution in [0.3, 0.4) is 0 Å². The summed E-state index contributed by atoms with van der Waals surface area (Å²) < 4.78 is 31.6. The van der Waals surface area contributed by atoms with Crippen LogP contribution in [0.25, 0.3) is 11.3 Å². The van der Waals surface area contributed by atoms with Crippen molar-refractivity contribution in [3.05, 3.63) is 36.8 Å². The Hall–Kier alpha value is -2.10. The number of nitrogens with zero attached hydrogens (tertiary/aromatic N) is 3. The first-order valence-corrected chi connectivity index (χ1v) is 5.95. The predicted octanol–water partition coefficient (Wildman–Crippen LogP) is 0.468. The van der Waals surface area contributed by atoms with Crippen LogP contribution in [-0.2, 0) is 10.4 Å². The van der Waals surface area contributed by atoms with Gasteiger partial charge >= 0.3 is 10.4 Å². The van der Waals surface area contributed by atoms with Gasteiger partial charge in [0, 0.05) is 24.2 Å². The summed E-state index contributed by atoms with van der Waals surface area (Å²) in [5.41, 5.74) is 7.19. The van der Waals surface area contributed by atoms with Crippen molar-refractivity contribution in [2.45, 2.75) is 0 Å². The van der Waals surface area contributed by atoms with Gasteiger partial charge in [0.15, 0.2) is 0 Å². The van der Waals surface area contributed by atoms with Crippen molar-refractivity contribution >= 4 is 16.3 Å². The largest absolute Gasteiger partial charge is 0.394 e. The first kappa shape index (κ1) is 14.0. The highest BCUT2D eigenvalue weighted by Gasteiger charge is 1.98. The van der Waals surface area contributed by atoms with Crippen molar-refractivity contribution < 1.29 is 17.5 Å². The van der Waals surface area contributed by atoms with E-state index in [0.717, 1.165) is 11.3 Å². The lowest BCUT2D eigenvalue weighted by Gasteiger charge is -1.98. The standard InChI is InChI=1S/C9H8N4.H2O4S/c10-9-12-5-3-8(13-9)7-2-1-4-11-6-7;1-5(2,3)4/h1-6H,(H2,10,12,13);(H2,1,2,3,4). The van der Waals surface area contributed by atoms with Crippen LogP contribution < -0.4 is 5.73 Å². The Morgan fingerprint density at radius 2 is 1.83 bits per heavy atom. The van der Waals surface area contributed by atoms with Crippen molar-refractivity contribution in [1.82, 2.24) is 15.0 Å². The average molecular weight is 270 g/mol. The Kier molecular flexibility index (Phi) is 4.66. The summed E-state index contributed by atoms with van der Waals surface area (Å²) in [6.45, 7) is 0. The highest BCUT2D eigenvalue weighted by atomic mass is 32.3. The van der Waals surface area contributed by atoms with E-state index in [1.807, 2.05) is 12.1 Å². The minimum absolute atomic E-state index is 0.279. The van der Waals surface area contributed by atoms with Crippen LogP contribution in [0, 0.1) is 0 Å². The van der Waals surface area contributed by atoms with Crippen LogP contribution in [0.15, 0.2) is 36.8 Å². The van der Waals surface area contributed by atoms with Gasteiger partial charge in [0.25, 0.3) is 0 Å². The molecule has 2 heterocycles. The molecule has 0 saturated heterocycles. The Morgan fingerprint density at radius 3 is 2.33 bits per heavy atom. The smallest absolute Gasteiger partial charge is 0.368 e. The van der Waals surface area contributed by atoms with Gasteiger partial charge in [-0.3, -0.25) is 14.1 Å². The molecule has 0 aliphatic carbocycles. The summed E-state index contributed by atoms with van der Waals surface area (Å²) in [5.74, 6) is 0.279. The fraction of sp³-hybridized carbons (Fsp3) is 0. The van der Waals surface area contributed by atoms with Gasteiger partial charge in [-0.25, -0.2) is 9.97 Å². The number of rotatable bonds is 1.